The smallest absolute Gasteiger partial charge is 0.164 e. The predicted molar refractivity (Wildman–Crippen MR) is 184 cm³/mol. The number of fused-ring (bicyclic) bond motifs is 5. The molecule has 210 valence electrons. The van der Waals surface area contributed by atoms with E-state index in [9.17, 15) is 0 Å². The number of benzene rings is 7. The van der Waals surface area contributed by atoms with Gasteiger partial charge in [0.2, 0.25) is 0 Å². The molecule has 9 aromatic rings. The minimum absolute atomic E-state index is 0.601. The van der Waals surface area contributed by atoms with Gasteiger partial charge >= 0.3 is 0 Å². The predicted octanol–water partition coefficient (Wildman–Crippen LogP) is 10.7. The molecule has 0 N–H and O–H groups in total. The molecule has 0 amide bonds. The van der Waals surface area contributed by atoms with Crippen LogP contribution in [0.4, 0.5) is 0 Å². The molecule has 0 atom stereocenters. The second-order valence-electron chi connectivity index (χ2n) is 11.3. The van der Waals surface area contributed by atoms with Crippen LogP contribution in [0.25, 0.3) is 88.8 Å². The van der Waals surface area contributed by atoms with E-state index in [1.165, 1.54) is 10.8 Å². The number of rotatable bonds is 4. The first-order valence-electron chi connectivity index (χ1n) is 15.0. The Bertz CT molecular complexity index is 2540. The first kappa shape index (κ1) is 25.4. The van der Waals surface area contributed by atoms with Gasteiger partial charge in [-0.2, -0.15) is 0 Å². The highest BCUT2D eigenvalue weighted by atomic mass is 16.3. The van der Waals surface area contributed by atoms with Crippen molar-refractivity contribution in [2.75, 3.05) is 0 Å². The Kier molecular flexibility index (Phi) is 5.78. The molecule has 0 fully saturated rings. The molecule has 0 unspecified atom stereocenters. The van der Waals surface area contributed by atoms with Gasteiger partial charge in [0, 0.05) is 27.5 Å². The number of aromatic nitrogens is 3. The van der Waals surface area contributed by atoms with Crippen molar-refractivity contribution in [3.8, 4) is 45.3 Å². The van der Waals surface area contributed by atoms with Crippen molar-refractivity contribution < 1.29 is 4.42 Å². The second kappa shape index (κ2) is 10.2. The molecule has 0 saturated heterocycles. The van der Waals surface area contributed by atoms with Gasteiger partial charge in [-0.3, -0.25) is 0 Å². The third kappa shape index (κ3) is 4.35. The minimum Gasteiger partial charge on any atom is -0.456 e. The summed E-state index contributed by atoms with van der Waals surface area (Å²) in [7, 11) is 0. The fraction of sp³-hybridized carbons (Fsp3) is 0. The monoisotopic (exact) mass is 575 g/mol. The van der Waals surface area contributed by atoms with Crippen LogP contribution in [0.2, 0.25) is 0 Å². The summed E-state index contributed by atoms with van der Waals surface area (Å²) >= 11 is 0. The van der Waals surface area contributed by atoms with E-state index in [2.05, 4.69) is 103 Å². The van der Waals surface area contributed by atoms with Crippen LogP contribution < -0.4 is 0 Å². The molecule has 0 aliphatic carbocycles. The number of furan rings is 1. The van der Waals surface area contributed by atoms with Crippen molar-refractivity contribution in [3.05, 3.63) is 152 Å². The maximum Gasteiger partial charge on any atom is 0.164 e. The van der Waals surface area contributed by atoms with Gasteiger partial charge in [0.05, 0.1) is 0 Å². The van der Waals surface area contributed by atoms with E-state index < -0.39 is 0 Å². The molecule has 4 nitrogen and oxygen atoms in total. The van der Waals surface area contributed by atoms with Crippen LogP contribution in [0.1, 0.15) is 0 Å². The van der Waals surface area contributed by atoms with Gasteiger partial charge in [-0.1, -0.05) is 127 Å². The van der Waals surface area contributed by atoms with Gasteiger partial charge in [-0.25, -0.2) is 15.0 Å². The third-order valence-corrected chi connectivity index (χ3v) is 8.51. The number of nitrogens with zero attached hydrogens (tertiary/aromatic N) is 3. The zero-order valence-electron chi connectivity index (χ0n) is 24.2. The molecule has 7 aromatic carbocycles. The standard InChI is InChI=1S/C41H25N3O/c1-2-12-28(13-3-1)39-42-40(44-41(43-39)34-18-8-15-27-11-6-7-16-32(27)34)31-22-23-35-37(25-31)45-36-19-9-17-33(38(35)36)30-21-20-26-10-4-5-14-29(26)24-30/h1-25H. The number of hydrogen-bond acceptors (Lipinski definition) is 4. The first-order valence-corrected chi connectivity index (χ1v) is 15.0. The molecule has 9 rings (SSSR count). The van der Waals surface area contributed by atoms with Crippen LogP contribution in [0.15, 0.2) is 156 Å². The largest absolute Gasteiger partial charge is 0.456 e. The minimum atomic E-state index is 0.601. The van der Waals surface area contributed by atoms with Gasteiger partial charge < -0.3 is 4.42 Å². The summed E-state index contributed by atoms with van der Waals surface area (Å²) in [6.45, 7) is 0. The number of hydrogen-bond donors (Lipinski definition) is 0. The Morgan fingerprint density at radius 3 is 1.91 bits per heavy atom. The quantitative estimate of drug-likeness (QED) is 0.209. The van der Waals surface area contributed by atoms with Crippen molar-refractivity contribution in [1.29, 1.82) is 0 Å². The average molecular weight is 576 g/mol. The molecule has 0 bridgehead atoms. The van der Waals surface area contributed by atoms with Crippen molar-refractivity contribution in [3.63, 3.8) is 0 Å². The molecule has 0 aliphatic rings. The molecule has 0 spiro atoms. The molecule has 0 radical (unpaired) electrons. The normalized spacial score (nSPS) is 11.6. The molecule has 0 saturated carbocycles. The molecular weight excluding hydrogens is 550 g/mol. The van der Waals surface area contributed by atoms with Crippen LogP contribution in [0, 0.1) is 0 Å². The average Bonchev–Trinajstić information content (AvgIpc) is 3.49. The molecule has 2 heterocycles. The molecule has 2 aromatic heterocycles. The van der Waals surface area contributed by atoms with E-state index in [1.54, 1.807) is 0 Å². The Labute approximate surface area is 259 Å². The summed E-state index contributed by atoms with van der Waals surface area (Å²) in [5.74, 6) is 1.87. The summed E-state index contributed by atoms with van der Waals surface area (Å²) in [5.41, 5.74) is 6.74. The van der Waals surface area contributed by atoms with Gasteiger partial charge in [0.1, 0.15) is 11.2 Å². The molecular formula is C41H25N3O. The van der Waals surface area contributed by atoms with Gasteiger partial charge in [0.15, 0.2) is 17.5 Å². The van der Waals surface area contributed by atoms with Crippen molar-refractivity contribution in [2.45, 2.75) is 0 Å². The summed E-state index contributed by atoms with van der Waals surface area (Å²) in [6.07, 6.45) is 0. The lowest BCUT2D eigenvalue weighted by Gasteiger charge is -2.10. The lowest BCUT2D eigenvalue weighted by atomic mass is 9.97. The van der Waals surface area contributed by atoms with Crippen molar-refractivity contribution in [1.82, 2.24) is 15.0 Å². The van der Waals surface area contributed by atoms with E-state index in [0.717, 1.165) is 60.5 Å². The fourth-order valence-electron chi connectivity index (χ4n) is 6.32. The fourth-order valence-corrected chi connectivity index (χ4v) is 6.32. The molecule has 45 heavy (non-hydrogen) atoms. The van der Waals surface area contributed by atoms with Gasteiger partial charge in [-0.15, -0.1) is 0 Å². The van der Waals surface area contributed by atoms with Crippen LogP contribution >= 0.6 is 0 Å². The van der Waals surface area contributed by atoms with E-state index in [4.69, 9.17) is 19.4 Å². The van der Waals surface area contributed by atoms with Crippen molar-refractivity contribution >= 4 is 43.5 Å². The summed E-state index contributed by atoms with van der Waals surface area (Å²) in [4.78, 5) is 15.0. The van der Waals surface area contributed by atoms with Crippen LogP contribution in [0.5, 0.6) is 0 Å². The summed E-state index contributed by atoms with van der Waals surface area (Å²) < 4.78 is 6.48. The van der Waals surface area contributed by atoms with Crippen LogP contribution in [-0.4, -0.2) is 15.0 Å². The van der Waals surface area contributed by atoms with E-state index in [1.807, 2.05) is 48.5 Å². The van der Waals surface area contributed by atoms with E-state index >= 15 is 0 Å². The maximum absolute atomic E-state index is 6.48. The topological polar surface area (TPSA) is 51.8 Å². The Balaban J connectivity index is 1.22. The molecule has 4 heteroatoms. The van der Waals surface area contributed by atoms with Crippen molar-refractivity contribution in [2.24, 2.45) is 0 Å². The SMILES string of the molecule is c1ccc(-c2nc(-c3ccc4c(c3)oc3cccc(-c5ccc6ccccc6c5)c34)nc(-c3cccc4ccccc34)n2)cc1. The highest BCUT2D eigenvalue weighted by Crippen LogP contribution is 2.39. The first-order chi connectivity index (χ1) is 22.3. The summed E-state index contributed by atoms with van der Waals surface area (Å²) in [5, 5.41) is 6.85. The Morgan fingerprint density at radius 2 is 1.02 bits per heavy atom. The van der Waals surface area contributed by atoms with Gasteiger partial charge in [0.25, 0.3) is 0 Å². The maximum atomic E-state index is 6.48. The highest BCUT2D eigenvalue weighted by molar-refractivity contribution is 6.13. The van der Waals surface area contributed by atoms with Gasteiger partial charge in [-0.05, 0) is 56.9 Å². The van der Waals surface area contributed by atoms with E-state index in [0.29, 0.717) is 17.5 Å². The third-order valence-electron chi connectivity index (χ3n) is 8.51. The molecule has 0 aliphatic heterocycles. The lowest BCUT2D eigenvalue weighted by Crippen LogP contribution is -2.00. The summed E-state index contributed by atoms with van der Waals surface area (Å²) in [6, 6.07) is 52.3. The van der Waals surface area contributed by atoms with Crippen LogP contribution in [0.3, 0.4) is 0 Å². The Morgan fingerprint density at radius 1 is 0.356 bits per heavy atom. The Hall–Kier alpha value is -6.13. The lowest BCUT2D eigenvalue weighted by molar-refractivity contribution is 0.669. The zero-order chi connectivity index (χ0) is 29.7. The second-order valence-corrected chi connectivity index (χ2v) is 11.3. The highest BCUT2D eigenvalue weighted by Gasteiger charge is 2.17. The van der Waals surface area contributed by atoms with E-state index in [-0.39, 0.29) is 0 Å². The van der Waals surface area contributed by atoms with Crippen LogP contribution in [-0.2, 0) is 0 Å². The zero-order valence-corrected chi connectivity index (χ0v) is 24.2.